The highest BCUT2D eigenvalue weighted by Crippen LogP contribution is 2.23. The van der Waals surface area contributed by atoms with E-state index in [2.05, 4.69) is 44.8 Å². The van der Waals surface area contributed by atoms with Gasteiger partial charge in [-0.1, -0.05) is 34.6 Å². The fourth-order valence-corrected chi connectivity index (χ4v) is 3.11. The minimum atomic E-state index is 0.790. The molecule has 21 heavy (non-hydrogen) atoms. The molecule has 0 bridgehead atoms. The summed E-state index contributed by atoms with van der Waals surface area (Å²) in [5, 5.41) is 3.81. The summed E-state index contributed by atoms with van der Waals surface area (Å²) in [6.07, 6.45) is 8.28. The van der Waals surface area contributed by atoms with Crippen molar-refractivity contribution in [3.8, 4) is 0 Å². The molecule has 0 aromatic heterocycles. The second-order valence-electron chi connectivity index (χ2n) is 8.12. The molecule has 1 aliphatic rings. The van der Waals surface area contributed by atoms with Gasteiger partial charge >= 0.3 is 0 Å². The van der Waals surface area contributed by atoms with Gasteiger partial charge < -0.3 is 10.2 Å². The maximum atomic E-state index is 3.81. The molecule has 0 radical (unpaired) electrons. The highest BCUT2D eigenvalue weighted by molar-refractivity contribution is 4.75. The van der Waals surface area contributed by atoms with Crippen LogP contribution in [0.25, 0.3) is 0 Å². The zero-order valence-electron chi connectivity index (χ0n) is 15.3. The molecule has 0 unspecified atom stereocenters. The quantitative estimate of drug-likeness (QED) is 0.636. The van der Waals surface area contributed by atoms with Crippen LogP contribution in [0.5, 0.6) is 0 Å². The lowest BCUT2D eigenvalue weighted by Crippen LogP contribution is -2.39. The van der Waals surface area contributed by atoms with E-state index >= 15 is 0 Å². The smallest absolute Gasteiger partial charge is 0.0107 e. The lowest BCUT2D eigenvalue weighted by Gasteiger charge is -2.29. The predicted molar refractivity (Wildman–Crippen MR) is 94.8 cm³/mol. The Kier molecular flexibility index (Phi) is 9.59. The van der Waals surface area contributed by atoms with E-state index in [0.29, 0.717) is 0 Å². The molecule has 1 rings (SSSR count). The van der Waals surface area contributed by atoms with Gasteiger partial charge in [0, 0.05) is 19.1 Å². The highest BCUT2D eigenvalue weighted by Gasteiger charge is 2.17. The summed E-state index contributed by atoms with van der Waals surface area (Å²) >= 11 is 0. The van der Waals surface area contributed by atoms with E-state index in [-0.39, 0.29) is 0 Å². The zero-order chi connectivity index (χ0) is 15.7. The number of nitrogens with one attached hydrogen (secondary N) is 1. The molecule has 2 heteroatoms. The van der Waals surface area contributed by atoms with Crippen molar-refractivity contribution in [1.29, 1.82) is 0 Å². The van der Waals surface area contributed by atoms with Gasteiger partial charge in [-0.15, -0.1) is 0 Å². The average molecular weight is 297 g/mol. The summed E-state index contributed by atoms with van der Waals surface area (Å²) in [4.78, 5) is 2.68. The van der Waals surface area contributed by atoms with Gasteiger partial charge in [0.25, 0.3) is 0 Å². The molecule has 1 saturated carbocycles. The van der Waals surface area contributed by atoms with E-state index in [0.717, 1.165) is 23.8 Å². The lowest BCUT2D eigenvalue weighted by atomic mass is 9.87. The van der Waals surface area contributed by atoms with E-state index in [4.69, 9.17) is 0 Å². The van der Waals surface area contributed by atoms with Crippen molar-refractivity contribution in [3.63, 3.8) is 0 Å². The lowest BCUT2D eigenvalue weighted by molar-refractivity contribution is 0.231. The molecule has 0 saturated heterocycles. The molecule has 0 aromatic rings. The summed E-state index contributed by atoms with van der Waals surface area (Å²) in [7, 11) is 0. The van der Waals surface area contributed by atoms with Crippen molar-refractivity contribution >= 4 is 0 Å². The monoisotopic (exact) mass is 296 g/mol. The van der Waals surface area contributed by atoms with Crippen molar-refractivity contribution in [2.45, 2.75) is 79.2 Å². The van der Waals surface area contributed by atoms with Gasteiger partial charge in [0.15, 0.2) is 0 Å². The van der Waals surface area contributed by atoms with Crippen molar-refractivity contribution in [2.24, 2.45) is 17.8 Å². The highest BCUT2D eigenvalue weighted by atomic mass is 15.1. The molecule has 2 nitrogen and oxygen atoms in total. The molecular formula is C19H40N2. The third-order valence-corrected chi connectivity index (χ3v) is 4.92. The second-order valence-corrected chi connectivity index (χ2v) is 8.12. The van der Waals surface area contributed by atoms with Gasteiger partial charge in [0.1, 0.15) is 0 Å². The first-order chi connectivity index (χ1) is 9.97. The molecule has 0 heterocycles. The van der Waals surface area contributed by atoms with Crippen LogP contribution in [0.3, 0.4) is 0 Å². The van der Waals surface area contributed by atoms with Gasteiger partial charge in [0.05, 0.1) is 0 Å². The average Bonchev–Trinajstić information content (AvgIpc) is 2.43. The maximum absolute atomic E-state index is 3.81. The Morgan fingerprint density at radius 2 is 1.38 bits per heavy atom. The Morgan fingerprint density at radius 1 is 0.857 bits per heavy atom. The molecule has 126 valence electrons. The molecule has 1 aliphatic carbocycles. The van der Waals surface area contributed by atoms with E-state index < -0.39 is 0 Å². The molecule has 0 spiro atoms. The van der Waals surface area contributed by atoms with Crippen molar-refractivity contribution in [2.75, 3.05) is 26.2 Å². The van der Waals surface area contributed by atoms with Crippen LogP contribution >= 0.6 is 0 Å². The Bertz CT molecular complexity index is 230. The Labute approximate surface area is 134 Å². The molecule has 0 atom stereocenters. The van der Waals surface area contributed by atoms with Gasteiger partial charge in [-0.3, -0.25) is 0 Å². The van der Waals surface area contributed by atoms with E-state index in [1.807, 2.05) is 0 Å². The van der Waals surface area contributed by atoms with Crippen LogP contribution in [0.1, 0.15) is 73.1 Å². The first-order valence-electron chi connectivity index (χ1n) is 9.43. The van der Waals surface area contributed by atoms with Gasteiger partial charge in [-0.25, -0.2) is 0 Å². The predicted octanol–water partition coefficient (Wildman–Crippen LogP) is 4.55. The van der Waals surface area contributed by atoms with E-state index in [1.54, 1.807) is 0 Å². The van der Waals surface area contributed by atoms with Gasteiger partial charge in [-0.2, -0.15) is 0 Å². The van der Waals surface area contributed by atoms with Crippen LogP contribution in [0.15, 0.2) is 0 Å². The van der Waals surface area contributed by atoms with Crippen LogP contribution < -0.4 is 5.32 Å². The topological polar surface area (TPSA) is 15.3 Å². The molecule has 0 aromatic carbocycles. The molecular weight excluding hydrogens is 256 g/mol. The first-order valence-corrected chi connectivity index (χ1v) is 9.43. The first kappa shape index (κ1) is 19.0. The van der Waals surface area contributed by atoms with Crippen LogP contribution in [0.4, 0.5) is 0 Å². The maximum Gasteiger partial charge on any atom is 0.0107 e. The number of hydrogen-bond acceptors (Lipinski definition) is 2. The third kappa shape index (κ3) is 9.52. The molecule has 1 fully saturated rings. The standard InChI is InChI=1S/C19H40N2/c1-16(2)10-13-21(14-11-17(3)4)15-12-20-19-8-6-18(5)7-9-19/h16-20H,6-15H2,1-5H3. The van der Waals surface area contributed by atoms with E-state index in [9.17, 15) is 0 Å². The number of nitrogens with zero attached hydrogens (tertiary/aromatic N) is 1. The Hall–Kier alpha value is -0.0800. The second kappa shape index (κ2) is 10.6. The molecule has 0 aliphatic heterocycles. The van der Waals surface area contributed by atoms with Crippen LogP contribution in [0.2, 0.25) is 0 Å². The zero-order valence-corrected chi connectivity index (χ0v) is 15.3. The summed E-state index contributed by atoms with van der Waals surface area (Å²) in [5.41, 5.74) is 0. The number of rotatable bonds is 10. The largest absolute Gasteiger partial charge is 0.313 e. The minimum absolute atomic E-state index is 0.790. The summed E-state index contributed by atoms with van der Waals surface area (Å²) in [6.45, 7) is 16.7. The van der Waals surface area contributed by atoms with Gasteiger partial charge in [0.2, 0.25) is 0 Å². The minimum Gasteiger partial charge on any atom is -0.313 e. The molecule has 1 N–H and O–H groups in total. The fraction of sp³-hybridized carbons (Fsp3) is 1.00. The van der Waals surface area contributed by atoms with E-state index in [1.165, 1.54) is 64.7 Å². The summed E-state index contributed by atoms with van der Waals surface area (Å²) < 4.78 is 0. The van der Waals surface area contributed by atoms with Crippen molar-refractivity contribution in [1.82, 2.24) is 10.2 Å². The van der Waals surface area contributed by atoms with Crippen LogP contribution in [-0.2, 0) is 0 Å². The van der Waals surface area contributed by atoms with Crippen molar-refractivity contribution < 1.29 is 0 Å². The fourth-order valence-electron chi connectivity index (χ4n) is 3.11. The number of hydrogen-bond donors (Lipinski definition) is 1. The SMILES string of the molecule is CC(C)CCN(CCNC1CCC(C)CC1)CCC(C)C. The Morgan fingerprint density at radius 3 is 1.86 bits per heavy atom. The Balaban J connectivity index is 2.20. The van der Waals surface area contributed by atoms with Crippen LogP contribution in [0, 0.1) is 17.8 Å². The third-order valence-electron chi connectivity index (χ3n) is 4.92. The molecule has 0 amide bonds. The normalized spacial score (nSPS) is 23.4. The summed E-state index contributed by atoms with van der Waals surface area (Å²) in [5.74, 6) is 2.59. The van der Waals surface area contributed by atoms with Crippen molar-refractivity contribution in [3.05, 3.63) is 0 Å². The van der Waals surface area contributed by atoms with Crippen LogP contribution in [-0.4, -0.2) is 37.1 Å². The summed E-state index contributed by atoms with van der Waals surface area (Å²) in [6, 6.07) is 0.790. The van der Waals surface area contributed by atoms with Gasteiger partial charge in [-0.05, 0) is 69.4 Å².